The van der Waals surface area contributed by atoms with E-state index in [-0.39, 0.29) is 42.1 Å². The minimum atomic E-state index is -2.92. The van der Waals surface area contributed by atoms with Gasteiger partial charge in [0.05, 0.1) is 0 Å². The van der Waals surface area contributed by atoms with Crippen LogP contribution in [0, 0.1) is 0 Å². The first kappa shape index (κ1) is 45.2. The van der Waals surface area contributed by atoms with Gasteiger partial charge >= 0.3 is 66.0 Å². The summed E-state index contributed by atoms with van der Waals surface area (Å²) in [5.74, 6) is 0. The first-order chi connectivity index (χ1) is 12.5. The molecule has 8 unspecified atom stereocenters. The molecule has 0 spiro atoms. The third-order valence-electron chi connectivity index (χ3n) is 0.559. The van der Waals surface area contributed by atoms with Crippen molar-refractivity contribution in [2.45, 2.75) is 0 Å². The Kier molecular flexibility index (Phi) is 46.3. The van der Waals surface area contributed by atoms with Crippen molar-refractivity contribution in [3.63, 3.8) is 0 Å². The predicted octanol–water partition coefficient (Wildman–Crippen LogP) is 1.20. The van der Waals surface area contributed by atoms with Crippen molar-refractivity contribution in [2.75, 3.05) is 0 Å². The first-order valence-corrected chi connectivity index (χ1v) is 13.6. The molecular formula is H8O20P8Pt2+8. The fourth-order valence-electron chi connectivity index (χ4n) is 0.239. The van der Waals surface area contributed by atoms with E-state index in [2.05, 4.69) is 17.2 Å². The molecule has 0 aliphatic carbocycles. The van der Waals surface area contributed by atoms with E-state index in [9.17, 15) is 36.5 Å². The predicted molar refractivity (Wildman–Crippen MR) is 82.9 cm³/mol. The van der Waals surface area contributed by atoms with Crippen LogP contribution in [0.1, 0.15) is 0 Å². The summed E-state index contributed by atoms with van der Waals surface area (Å²) in [5.41, 5.74) is 0. The molecule has 0 fully saturated rings. The fourth-order valence-corrected chi connectivity index (χ4v) is 2.15. The summed E-state index contributed by atoms with van der Waals surface area (Å²) >= 11 is 0. The molecule has 0 aromatic rings. The van der Waals surface area contributed by atoms with Crippen molar-refractivity contribution in [3.8, 4) is 0 Å². The molecule has 180 valence electrons. The molecule has 0 saturated carbocycles. The van der Waals surface area contributed by atoms with E-state index in [1.54, 1.807) is 0 Å². The van der Waals surface area contributed by atoms with Crippen LogP contribution >= 0.6 is 66.0 Å². The van der Waals surface area contributed by atoms with Crippen molar-refractivity contribution < 1.29 is 135 Å². The molecule has 0 radical (unpaired) electrons. The Hall–Kier alpha value is 1.70. The van der Waals surface area contributed by atoms with Crippen LogP contribution in [-0.2, 0) is 95.9 Å². The standard InChI is InChI=1S/4O5P2.2Pt/c4*1-6(2)5-7(3)4;;/p+8. The minimum Gasteiger partial charge on any atom is -0.131 e. The summed E-state index contributed by atoms with van der Waals surface area (Å²) < 4.78 is 88.7. The van der Waals surface area contributed by atoms with Crippen LogP contribution in [0.5, 0.6) is 0 Å². The first-order valence-electron chi connectivity index (χ1n) is 4.52. The molecule has 30 heavy (non-hydrogen) atoms. The molecule has 0 saturated heterocycles. The Balaban J connectivity index is -0.0000000626. The van der Waals surface area contributed by atoms with E-state index in [0.29, 0.717) is 0 Å². The van der Waals surface area contributed by atoms with Gasteiger partial charge in [0.25, 0.3) is 0 Å². The van der Waals surface area contributed by atoms with Gasteiger partial charge in [-0.3, -0.25) is 0 Å². The largest absolute Gasteiger partial charge is 0.745 e. The second-order valence-corrected chi connectivity index (χ2v) is 8.65. The van der Waals surface area contributed by atoms with Gasteiger partial charge in [0.1, 0.15) is 0 Å². The van der Waals surface area contributed by atoms with Gasteiger partial charge in [-0.2, -0.15) is 0 Å². The average molecular weight is 966 g/mol. The third kappa shape index (κ3) is 78.1. The second-order valence-electron chi connectivity index (χ2n) is 2.23. The number of hydrogen-bond acceptors (Lipinski definition) is 12. The number of rotatable bonds is 8. The van der Waals surface area contributed by atoms with Crippen LogP contribution in [0.25, 0.3) is 0 Å². The van der Waals surface area contributed by atoms with Crippen molar-refractivity contribution >= 4 is 66.0 Å². The van der Waals surface area contributed by atoms with Gasteiger partial charge in [-0.05, 0) is 0 Å². The quantitative estimate of drug-likeness (QED) is 0.158. The summed E-state index contributed by atoms with van der Waals surface area (Å²) in [7, 11) is -23.4. The molecule has 20 nitrogen and oxygen atoms in total. The zero-order valence-electron chi connectivity index (χ0n) is 12.7. The SMILES string of the molecule is O=[P+](O)O[P+](=O)O.O=[P+](O)O[P+](=O)O.O=[P+](O)O[P+](=O)O.O=[P+](O)O[P+](=O)O.[Pt].[Pt]. The minimum absolute atomic E-state index is 0. The maximum atomic E-state index is 9.39. The van der Waals surface area contributed by atoms with Crippen LogP contribution in [0.15, 0.2) is 0 Å². The van der Waals surface area contributed by atoms with E-state index in [4.69, 9.17) is 39.1 Å². The topological polar surface area (TPSA) is 335 Å². The van der Waals surface area contributed by atoms with E-state index in [1.807, 2.05) is 0 Å². The molecule has 0 aliphatic heterocycles. The van der Waals surface area contributed by atoms with Crippen molar-refractivity contribution in [1.29, 1.82) is 0 Å². The molecule has 0 heterocycles. The summed E-state index contributed by atoms with van der Waals surface area (Å²) in [6.45, 7) is 0. The van der Waals surface area contributed by atoms with Gasteiger partial charge in [-0.15, -0.1) is 39.1 Å². The molecular weight excluding hydrogens is 958 g/mol. The van der Waals surface area contributed by atoms with Crippen LogP contribution in [0.2, 0.25) is 0 Å². The summed E-state index contributed by atoms with van der Waals surface area (Å²) in [4.78, 5) is 61.3. The Morgan fingerprint density at radius 2 is 0.367 bits per heavy atom. The zero-order chi connectivity index (χ0) is 23.4. The molecule has 8 N–H and O–H groups in total. The van der Waals surface area contributed by atoms with Gasteiger partial charge in [-0.25, -0.2) is 0 Å². The van der Waals surface area contributed by atoms with E-state index >= 15 is 0 Å². The van der Waals surface area contributed by atoms with Gasteiger partial charge in [0.15, 0.2) is 17.2 Å². The summed E-state index contributed by atoms with van der Waals surface area (Å²) in [5, 5.41) is 0. The molecule has 0 amide bonds. The summed E-state index contributed by atoms with van der Waals surface area (Å²) in [6.07, 6.45) is 0. The van der Waals surface area contributed by atoms with Crippen molar-refractivity contribution in [1.82, 2.24) is 0 Å². The average Bonchev–Trinajstić information content (AvgIpc) is 2.32. The Labute approximate surface area is 200 Å². The van der Waals surface area contributed by atoms with Crippen LogP contribution in [-0.4, -0.2) is 39.1 Å². The fraction of sp³-hybridized carbons (Fsp3) is 0. The van der Waals surface area contributed by atoms with Gasteiger partial charge in [-0.1, -0.05) is 0 Å². The normalized spacial score (nSPS) is 12.5. The maximum absolute atomic E-state index is 9.39. The van der Waals surface area contributed by atoms with E-state index < -0.39 is 66.0 Å². The molecule has 8 atom stereocenters. The summed E-state index contributed by atoms with van der Waals surface area (Å²) in [6, 6.07) is 0. The molecule has 0 aromatic carbocycles. The van der Waals surface area contributed by atoms with Crippen LogP contribution in [0.4, 0.5) is 0 Å². The van der Waals surface area contributed by atoms with Gasteiger partial charge in [0, 0.05) is 78.7 Å². The Morgan fingerprint density at radius 1 is 0.300 bits per heavy atom. The number of hydrogen-bond donors (Lipinski definition) is 8. The third-order valence-corrected chi connectivity index (χ3v) is 5.03. The van der Waals surface area contributed by atoms with Gasteiger partial charge in [0.2, 0.25) is 0 Å². The molecule has 0 aliphatic rings. The molecule has 0 bridgehead atoms. The monoisotopic (exact) mass is 966 g/mol. The molecule has 0 aromatic heterocycles. The molecule has 30 heteroatoms. The van der Waals surface area contributed by atoms with Crippen molar-refractivity contribution in [3.05, 3.63) is 0 Å². The van der Waals surface area contributed by atoms with Crippen molar-refractivity contribution in [2.24, 2.45) is 0 Å². The zero-order valence-corrected chi connectivity index (χ0v) is 24.4. The maximum Gasteiger partial charge on any atom is 0.745 e. The molecule has 0 rings (SSSR count). The Morgan fingerprint density at radius 3 is 0.367 bits per heavy atom. The van der Waals surface area contributed by atoms with E-state index in [0.717, 1.165) is 0 Å². The van der Waals surface area contributed by atoms with E-state index in [1.165, 1.54) is 0 Å². The van der Waals surface area contributed by atoms with Crippen LogP contribution < -0.4 is 0 Å². The van der Waals surface area contributed by atoms with Gasteiger partial charge < -0.3 is 0 Å². The van der Waals surface area contributed by atoms with Crippen LogP contribution in [0.3, 0.4) is 0 Å². The smallest absolute Gasteiger partial charge is 0.131 e. The Bertz CT molecular complexity index is 444. The second kappa shape index (κ2) is 30.7.